The zero-order chi connectivity index (χ0) is 21.3. The van der Waals surface area contributed by atoms with Crippen molar-refractivity contribution in [2.45, 2.75) is 30.8 Å². The van der Waals surface area contributed by atoms with E-state index in [0.29, 0.717) is 28.1 Å². The Morgan fingerprint density at radius 1 is 1.07 bits per heavy atom. The molecular weight excluding hydrogens is 404 g/mol. The largest absolute Gasteiger partial charge is 0.493 e. The van der Waals surface area contributed by atoms with E-state index in [-0.39, 0.29) is 11.7 Å². The number of nitrogens with zero attached hydrogens (tertiary/aromatic N) is 3. The molecule has 1 saturated heterocycles. The number of rotatable bonds is 8. The topological polar surface area (TPSA) is 85.8 Å². The molecule has 3 rings (SSSR count). The fraction of sp³-hybridized carbons (Fsp3) is 0.476. The molecule has 2 aromatic rings. The van der Waals surface area contributed by atoms with E-state index in [1.807, 2.05) is 6.07 Å². The number of carbonyl (C=O) groups is 1. The minimum absolute atomic E-state index is 0.168. The number of hydrogen-bond acceptors (Lipinski definition) is 8. The van der Waals surface area contributed by atoms with Gasteiger partial charge in [-0.15, -0.1) is 0 Å². The van der Waals surface area contributed by atoms with Gasteiger partial charge in [0.15, 0.2) is 16.7 Å². The number of thioether (sulfide) groups is 1. The fourth-order valence-corrected chi connectivity index (χ4v) is 3.98. The number of carbonyl (C=O) groups excluding carboxylic acids is 1. The molecule has 1 fully saturated rings. The highest BCUT2D eigenvalue weighted by Crippen LogP contribution is 2.40. The second kappa shape index (κ2) is 10.9. The lowest BCUT2D eigenvalue weighted by molar-refractivity contribution is -0.113. The summed E-state index contributed by atoms with van der Waals surface area (Å²) in [6.07, 6.45) is 6.66. The van der Waals surface area contributed by atoms with E-state index >= 15 is 0 Å². The second-order valence-electron chi connectivity index (χ2n) is 6.85. The van der Waals surface area contributed by atoms with E-state index in [0.717, 1.165) is 18.9 Å². The van der Waals surface area contributed by atoms with Crippen molar-refractivity contribution in [3.63, 3.8) is 0 Å². The van der Waals surface area contributed by atoms with E-state index < -0.39 is 0 Å². The van der Waals surface area contributed by atoms with Gasteiger partial charge in [-0.2, -0.15) is 0 Å². The molecular formula is C21H28N4O4S. The van der Waals surface area contributed by atoms with Crippen LogP contribution in [0.3, 0.4) is 0 Å². The van der Waals surface area contributed by atoms with E-state index in [4.69, 9.17) is 14.2 Å². The van der Waals surface area contributed by atoms with E-state index in [1.165, 1.54) is 58.8 Å². The van der Waals surface area contributed by atoms with Crippen LogP contribution in [-0.4, -0.2) is 56.0 Å². The standard InChI is InChI=1S/C21H28N4O4S/c1-27-16-12-15(13-17(28-2)20(16)29-3)23-19(26)14-30-21-22-9-8-18(24-21)25-10-6-4-5-7-11-25/h8-9,12-13H,4-7,10-11,14H2,1-3H3,(H,23,26). The summed E-state index contributed by atoms with van der Waals surface area (Å²) in [6, 6.07) is 5.33. The summed E-state index contributed by atoms with van der Waals surface area (Å²) in [4.78, 5) is 23.7. The molecule has 1 aliphatic rings. The zero-order valence-corrected chi connectivity index (χ0v) is 18.5. The molecule has 1 N–H and O–H groups in total. The van der Waals surface area contributed by atoms with Gasteiger partial charge in [0.1, 0.15) is 5.82 Å². The van der Waals surface area contributed by atoms with Gasteiger partial charge in [0, 0.05) is 37.1 Å². The highest BCUT2D eigenvalue weighted by atomic mass is 32.2. The SMILES string of the molecule is COc1cc(NC(=O)CSc2nccc(N3CCCCCC3)n2)cc(OC)c1OC. The predicted octanol–water partition coefficient (Wildman–Crippen LogP) is 3.61. The number of ether oxygens (including phenoxy) is 3. The maximum Gasteiger partial charge on any atom is 0.234 e. The lowest BCUT2D eigenvalue weighted by Crippen LogP contribution is -2.25. The molecule has 0 spiro atoms. The van der Waals surface area contributed by atoms with Crippen molar-refractivity contribution in [1.82, 2.24) is 9.97 Å². The van der Waals surface area contributed by atoms with Gasteiger partial charge < -0.3 is 24.4 Å². The molecule has 9 heteroatoms. The molecule has 0 atom stereocenters. The van der Waals surface area contributed by atoms with Gasteiger partial charge in [0.25, 0.3) is 0 Å². The van der Waals surface area contributed by atoms with Crippen molar-refractivity contribution in [2.75, 3.05) is 50.4 Å². The van der Waals surface area contributed by atoms with Gasteiger partial charge in [0.05, 0.1) is 27.1 Å². The Hall–Kier alpha value is -2.68. The Morgan fingerprint density at radius 2 is 1.73 bits per heavy atom. The first-order valence-electron chi connectivity index (χ1n) is 9.95. The third kappa shape index (κ3) is 5.69. The molecule has 30 heavy (non-hydrogen) atoms. The first-order chi connectivity index (χ1) is 14.6. The van der Waals surface area contributed by atoms with Crippen LogP contribution in [0.25, 0.3) is 0 Å². The molecule has 1 amide bonds. The van der Waals surface area contributed by atoms with Crippen LogP contribution >= 0.6 is 11.8 Å². The number of nitrogens with one attached hydrogen (secondary N) is 1. The Bertz CT molecular complexity index is 832. The minimum Gasteiger partial charge on any atom is -0.493 e. The second-order valence-corrected chi connectivity index (χ2v) is 7.79. The van der Waals surface area contributed by atoms with Crippen molar-refractivity contribution in [1.29, 1.82) is 0 Å². The molecule has 0 aliphatic carbocycles. The summed E-state index contributed by atoms with van der Waals surface area (Å²) in [6.45, 7) is 2.03. The third-order valence-electron chi connectivity index (χ3n) is 4.83. The van der Waals surface area contributed by atoms with Crippen molar-refractivity contribution in [3.8, 4) is 17.2 Å². The molecule has 162 valence electrons. The number of anilines is 2. The Morgan fingerprint density at radius 3 is 2.33 bits per heavy atom. The number of benzene rings is 1. The summed E-state index contributed by atoms with van der Waals surface area (Å²) >= 11 is 1.31. The van der Waals surface area contributed by atoms with Crippen LogP contribution in [0.2, 0.25) is 0 Å². The Labute approximate surface area is 181 Å². The molecule has 1 aromatic carbocycles. The van der Waals surface area contributed by atoms with E-state index in [9.17, 15) is 4.79 Å². The van der Waals surface area contributed by atoms with Crippen LogP contribution < -0.4 is 24.4 Å². The van der Waals surface area contributed by atoms with Crippen molar-refractivity contribution in [2.24, 2.45) is 0 Å². The maximum atomic E-state index is 12.5. The van der Waals surface area contributed by atoms with Crippen molar-refractivity contribution >= 4 is 29.2 Å². The molecule has 0 saturated carbocycles. The molecule has 0 radical (unpaired) electrons. The van der Waals surface area contributed by atoms with Crippen LogP contribution in [0.4, 0.5) is 11.5 Å². The smallest absolute Gasteiger partial charge is 0.234 e. The van der Waals surface area contributed by atoms with Gasteiger partial charge in [-0.25, -0.2) is 9.97 Å². The maximum absolute atomic E-state index is 12.5. The lowest BCUT2D eigenvalue weighted by Gasteiger charge is -2.21. The third-order valence-corrected chi connectivity index (χ3v) is 5.69. The van der Waals surface area contributed by atoms with Gasteiger partial charge in [-0.1, -0.05) is 24.6 Å². The normalized spacial score (nSPS) is 14.0. The molecule has 1 aromatic heterocycles. The van der Waals surface area contributed by atoms with Gasteiger partial charge in [-0.05, 0) is 18.9 Å². The predicted molar refractivity (Wildman–Crippen MR) is 118 cm³/mol. The van der Waals surface area contributed by atoms with Crippen LogP contribution in [-0.2, 0) is 4.79 Å². The van der Waals surface area contributed by atoms with Crippen molar-refractivity contribution in [3.05, 3.63) is 24.4 Å². The lowest BCUT2D eigenvalue weighted by atomic mass is 10.2. The van der Waals surface area contributed by atoms with E-state index in [1.54, 1.807) is 18.3 Å². The summed E-state index contributed by atoms with van der Waals surface area (Å²) < 4.78 is 16.0. The van der Waals surface area contributed by atoms with Crippen molar-refractivity contribution < 1.29 is 19.0 Å². The van der Waals surface area contributed by atoms with Crippen LogP contribution in [0, 0.1) is 0 Å². The van der Waals surface area contributed by atoms with Gasteiger partial charge in [0.2, 0.25) is 11.7 Å². The number of methoxy groups -OCH3 is 3. The van der Waals surface area contributed by atoms with Crippen LogP contribution in [0.1, 0.15) is 25.7 Å². The molecule has 2 heterocycles. The zero-order valence-electron chi connectivity index (χ0n) is 17.6. The first-order valence-corrected chi connectivity index (χ1v) is 10.9. The first kappa shape index (κ1) is 22.0. The molecule has 0 bridgehead atoms. The molecule has 1 aliphatic heterocycles. The Balaban J connectivity index is 1.61. The highest BCUT2D eigenvalue weighted by Gasteiger charge is 2.16. The minimum atomic E-state index is -0.168. The average molecular weight is 433 g/mol. The average Bonchev–Trinajstić information content (AvgIpc) is 3.07. The number of aromatic nitrogens is 2. The number of hydrogen-bond donors (Lipinski definition) is 1. The summed E-state index contributed by atoms with van der Waals surface area (Å²) in [5, 5.41) is 3.45. The number of amides is 1. The van der Waals surface area contributed by atoms with Crippen LogP contribution in [0.15, 0.2) is 29.6 Å². The summed E-state index contributed by atoms with van der Waals surface area (Å²) in [7, 11) is 4.61. The Kier molecular flexibility index (Phi) is 8.01. The molecule has 8 nitrogen and oxygen atoms in total. The fourth-order valence-electron chi connectivity index (χ4n) is 3.36. The quantitative estimate of drug-likeness (QED) is 0.500. The van der Waals surface area contributed by atoms with Gasteiger partial charge >= 0.3 is 0 Å². The summed E-state index contributed by atoms with van der Waals surface area (Å²) in [5.74, 6) is 2.39. The monoisotopic (exact) mass is 432 g/mol. The molecule has 0 unspecified atom stereocenters. The highest BCUT2D eigenvalue weighted by molar-refractivity contribution is 7.99. The van der Waals surface area contributed by atoms with Crippen LogP contribution in [0.5, 0.6) is 17.2 Å². The van der Waals surface area contributed by atoms with Gasteiger partial charge in [-0.3, -0.25) is 4.79 Å². The van der Waals surface area contributed by atoms with E-state index in [2.05, 4.69) is 20.2 Å². The summed E-state index contributed by atoms with van der Waals surface area (Å²) in [5.41, 5.74) is 0.564.